The standard InChI is InChI=1S/C14H9Cl2F2NO2.C13H16N2O5S2.H2O/c15-10-6-19-7-11(16)9(10)3-1-8-2-4-12-13(5-8)21-14(17,18)20-12;1-14(2)11(16)9-4-3-5-10(8-9)22(19,20)15-6-7-21-12(15)13(17)18;/h2,4-7H,1,3H2;3-5,8,12H,6-7H2,1-2H3,(H,17,18);1H2/t;12-;/m.0./s1. The molecule has 3 N–H and O–H groups in total. The van der Waals surface area contributed by atoms with Gasteiger partial charge in [-0.2, -0.15) is 4.31 Å². The molecule has 0 spiro atoms. The summed E-state index contributed by atoms with van der Waals surface area (Å²) in [5.74, 6) is -1.01. The maximum Gasteiger partial charge on any atom is 0.586 e. The predicted molar refractivity (Wildman–Crippen MR) is 157 cm³/mol. The molecule has 1 fully saturated rings. The van der Waals surface area contributed by atoms with Crippen LogP contribution in [0.1, 0.15) is 21.5 Å². The number of amides is 1. The Morgan fingerprint density at radius 1 is 1.09 bits per heavy atom. The Bertz CT molecular complexity index is 1630. The summed E-state index contributed by atoms with van der Waals surface area (Å²) in [6.45, 7) is 0.135. The molecule has 2 aliphatic rings. The number of H-pyrrole nitrogens is 1. The highest BCUT2D eigenvalue weighted by atomic mass is 35.5. The Hall–Kier alpha value is -3.21. The quantitative estimate of drug-likeness (QED) is 0.381. The third kappa shape index (κ3) is 8.08. The van der Waals surface area contributed by atoms with Crippen molar-refractivity contribution in [2.45, 2.75) is 29.4 Å². The summed E-state index contributed by atoms with van der Waals surface area (Å²) in [5.41, 5.74) is 1.87. The van der Waals surface area contributed by atoms with Crippen LogP contribution in [-0.4, -0.2) is 78.1 Å². The summed E-state index contributed by atoms with van der Waals surface area (Å²) in [5, 5.41) is 9.07. The van der Waals surface area contributed by atoms with Crippen molar-refractivity contribution in [3.05, 3.63) is 81.6 Å². The van der Waals surface area contributed by atoms with Crippen molar-refractivity contribution in [1.29, 1.82) is 0 Å². The Morgan fingerprint density at radius 3 is 2.39 bits per heavy atom. The molecule has 11 nitrogen and oxygen atoms in total. The van der Waals surface area contributed by atoms with Crippen LogP contribution in [0, 0.1) is 0 Å². The number of rotatable bonds is 7. The van der Waals surface area contributed by atoms with E-state index in [0.717, 1.165) is 27.2 Å². The Balaban J connectivity index is 0.000000235. The van der Waals surface area contributed by atoms with Crippen LogP contribution in [0.3, 0.4) is 0 Å². The summed E-state index contributed by atoms with van der Waals surface area (Å²) in [7, 11) is -0.813. The maximum absolute atomic E-state index is 12.9. The minimum absolute atomic E-state index is 0. The zero-order valence-corrected chi connectivity index (χ0v) is 26.3. The molecule has 44 heavy (non-hydrogen) atoms. The molecule has 1 saturated heterocycles. The number of hydrogen-bond acceptors (Lipinski definition) is 8. The number of carboxylic acid groups (broad SMARTS) is 1. The molecule has 238 valence electrons. The van der Waals surface area contributed by atoms with E-state index in [4.69, 9.17) is 28.3 Å². The number of hydrogen-bond donors (Lipinski definition) is 1. The highest BCUT2D eigenvalue weighted by Crippen LogP contribution is 2.41. The van der Waals surface area contributed by atoms with E-state index < -0.39 is 27.7 Å². The van der Waals surface area contributed by atoms with Crippen molar-refractivity contribution in [2.75, 3.05) is 26.4 Å². The first kappa shape index (κ1) is 35.3. The molecule has 3 heterocycles. The second kappa shape index (κ2) is 14.3. The van der Waals surface area contributed by atoms with E-state index >= 15 is 0 Å². The summed E-state index contributed by atoms with van der Waals surface area (Å²) in [6.07, 6.45) is 0.864. The average Bonchev–Trinajstić information content (AvgIpc) is 3.57. The van der Waals surface area contributed by atoms with Gasteiger partial charge in [-0.25, -0.2) is 18.2 Å². The van der Waals surface area contributed by atoms with E-state index in [0.29, 0.717) is 28.6 Å². The van der Waals surface area contributed by atoms with E-state index in [9.17, 15) is 26.8 Å². The van der Waals surface area contributed by atoms with Gasteiger partial charge in [-0.05, 0) is 48.7 Å². The van der Waals surface area contributed by atoms with Gasteiger partial charge in [0, 0.05) is 37.5 Å². The first-order valence-corrected chi connectivity index (χ1v) is 15.8. The molecule has 0 aliphatic carbocycles. The smallest absolute Gasteiger partial charge is 0.586 e. The number of nitrogens with zero attached hydrogens (tertiary/aromatic N) is 2. The predicted octanol–water partition coefficient (Wildman–Crippen LogP) is 4.27. The minimum atomic E-state index is -3.95. The van der Waals surface area contributed by atoms with Gasteiger partial charge in [0.25, 0.3) is 5.91 Å². The van der Waals surface area contributed by atoms with Crippen molar-refractivity contribution in [2.24, 2.45) is 0 Å². The SMILES string of the molecule is CN(C)C(=O)c1cccc(S(=O)(=O)N2CCS[C@H]2C(=O)O)c1.FC1(F)Oc2ccc(CCc3c(Cl)c[nH+]cc3Cl)cc2O1.[OH-]. The molecular weight excluding hydrogens is 667 g/mol. The lowest BCUT2D eigenvalue weighted by Gasteiger charge is -2.20. The van der Waals surface area contributed by atoms with Gasteiger partial charge in [-0.1, -0.05) is 35.3 Å². The lowest BCUT2D eigenvalue weighted by atomic mass is 10.0. The number of carboxylic acids is 1. The molecule has 1 aromatic heterocycles. The highest BCUT2D eigenvalue weighted by molar-refractivity contribution is 8.02. The number of aliphatic carboxylic acids is 1. The van der Waals surface area contributed by atoms with Crippen LogP contribution in [0.25, 0.3) is 0 Å². The number of ether oxygens (including phenoxy) is 2. The molecular formula is C27H27Cl2F2N3O8S2. The molecule has 3 aromatic rings. The van der Waals surface area contributed by atoms with E-state index in [1.165, 1.54) is 41.3 Å². The van der Waals surface area contributed by atoms with E-state index in [2.05, 4.69) is 14.5 Å². The second-order valence-corrected chi connectivity index (χ2v) is 13.4. The molecule has 1 atom stereocenters. The normalized spacial score (nSPS) is 16.8. The van der Waals surface area contributed by atoms with Gasteiger partial charge < -0.3 is 25.0 Å². The van der Waals surface area contributed by atoms with Crippen LogP contribution < -0.4 is 14.5 Å². The van der Waals surface area contributed by atoms with Crippen molar-refractivity contribution in [1.82, 2.24) is 9.21 Å². The molecule has 17 heteroatoms. The summed E-state index contributed by atoms with van der Waals surface area (Å²) >= 11 is 13.2. The van der Waals surface area contributed by atoms with Crippen LogP contribution in [0.2, 0.25) is 10.0 Å². The molecule has 0 bridgehead atoms. The van der Waals surface area contributed by atoms with Crippen LogP contribution in [0.5, 0.6) is 11.5 Å². The number of alkyl halides is 2. The molecule has 5 rings (SSSR count). The number of pyridine rings is 1. The zero-order chi connectivity index (χ0) is 31.5. The van der Waals surface area contributed by atoms with Crippen molar-refractivity contribution in [3.8, 4) is 11.5 Å². The summed E-state index contributed by atoms with van der Waals surface area (Å²) in [6, 6.07) is 10.3. The first-order valence-electron chi connectivity index (χ1n) is 12.6. The van der Waals surface area contributed by atoms with Crippen LogP contribution in [0.4, 0.5) is 8.78 Å². The number of halogens is 4. The van der Waals surface area contributed by atoms with Gasteiger partial charge in [0.15, 0.2) is 29.3 Å². The Labute approximate surface area is 266 Å². The number of sulfonamides is 1. The number of fused-ring (bicyclic) bond motifs is 1. The second-order valence-electron chi connectivity index (χ2n) is 9.48. The molecule has 0 unspecified atom stereocenters. The molecule has 2 aliphatic heterocycles. The number of benzene rings is 2. The van der Waals surface area contributed by atoms with E-state index in [1.54, 1.807) is 32.6 Å². The van der Waals surface area contributed by atoms with Crippen LogP contribution in [0.15, 0.2) is 59.8 Å². The number of aromatic nitrogens is 1. The van der Waals surface area contributed by atoms with Gasteiger partial charge in [0.2, 0.25) is 10.0 Å². The van der Waals surface area contributed by atoms with Crippen molar-refractivity contribution in [3.63, 3.8) is 0 Å². The third-order valence-electron chi connectivity index (χ3n) is 6.28. The summed E-state index contributed by atoms with van der Waals surface area (Å²) < 4.78 is 60.8. The van der Waals surface area contributed by atoms with Gasteiger partial charge in [0.05, 0.1) is 4.90 Å². The van der Waals surface area contributed by atoms with Crippen molar-refractivity contribution < 1.29 is 51.8 Å². The number of nitrogens with one attached hydrogen (secondary N) is 1. The number of aromatic amines is 1. The lowest BCUT2D eigenvalue weighted by molar-refractivity contribution is -0.377. The number of carbonyl (C=O) groups excluding carboxylic acids is 1. The van der Waals surface area contributed by atoms with Crippen molar-refractivity contribution >= 4 is 56.9 Å². The fourth-order valence-electron chi connectivity index (χ4n) is 4.21. The molecule has 2 aromatic carbocycles. The summed E-state index contributed by atoms with van der Waals surface area (Å²) in [4.78, 5) is 27.2. The average molecular weight is 695 g/mol. The zero-order valence-electron chi connectivity index (χ0n) is 23.2. The number of thioether (sulfide) groups is 1. The fourth-order valence-corrected chi connectivity index (χ4v) is 7.83. The monoisotopic (exact) mass is 693 g/mol. The van der Waals surface area contributed by atoms with Crippen LogP contribution in [-0.2, 0) is 27.7 Å². The van der Waals surface area contributed by atoms with Gasteiger partial charge >= 0.3 is 12.3 Å². The van der Waals surface area contributed by atoms with E-state index in [1.807, 2.05) is 0 Å². The Morgan fingerprint density at radius 2 is 1.75 bits per heavy atom. The van der Waals surface area contributed by atoms with Gasteiger partial charge in [-0.3, -0.25) is 4.79 Å². The number of carbonyl (C=O) groups is 2. The Kier molecular flexibility index (Phi) is 11.4. The maximum atomic E-state index is 12.9. The number of aryl methyl sites for hydroxylation is 1. The van der Waals surface area contributed by atoms with Gasteiger partial charge in [0.1, 0.15) is 10.0 Å². The molecule has 0 saturated carbocycles. The minimum Gasteiger partial charge on any atom is -0.870 e. The van der Waals surface area contributed by atoms with Gasteiger partial charge in [-0.15, -0.1) is 20.5 Å². The fraction of sp³-hybridized carbons (Fsp3) is 0.296. The third-order valence-corrected chi connectivity index (χ3v) is 10.1. The first-order chi connectivity index (χ1) is 20.2. The molecule has 1 amide bonds. The highest BCUT2D eigenvalue weighted by Gasteiger charge is 2.43. The molecule has 0 radical (unpaired) electrons. The lowest BCUT2D eigenvalue weighted by Crippen LogP contribution is -2.39. The topological polar surface area (TPSA) is 158 Å². The largest absolute Gasteiger partial charge is 0.870 e. The van der Waals surface area contributed by atoms with Crippen LogP contribution >= 0.6 is 35.0 Å². The van der Waals surface area contributed by atoms with E-state index in [-0.39, 0.29) is 39.9 Å².